The third-order valence-electron chi connectivity index (χ3n) is 3.11. The summed E-state index contributed by atoms with van der Waals surface area (Å²) in [4.78, 5) is 33.4. The fraction of sp³-hybridized carbons (Fsp3) is 0.500. The van der Waals surface area contributed by atoms with E-state index in [2.05, 4.69) is 9.47 Å². The van der Waals surface area contributed by atoms with E-state index in [4.69, 9.17) is 0 Å². The van der Waals surface area contributed by atoms with Gasteiger partial charge in [0.25, 0.3) is 0 Å². The molecule has 0 bridgehead atoms. The lowest BCUT2D eigenvalue weighted by atomic mass is 9.81. The van der Waals surface area contributed by atoms with Gasteiger partial charge in [-0.1, -0.05) is 0 Å². The minimum absolute atomic E-state index is 0.431. The van der Waals surface area contributed by atoms with E-state index in [-0.39, 0.29) is 0 Å². The Kier molecular flexibility index (Phi) is 5.39. The Balaban J connectivity index is 3.21. The van der Waals surface area contributed by atoms with E-state index >= 15 is 0 Å². The lowest BCUT2D eigenvalue weighted by Gasteiger charge is -2.23. The van der Waals surface area contributed by atoms with Crippen molar-refractivity contribution in [3.8, 4) is 0 Å². The summed E-state index contributed by atoms with van der Waals surface area (Å²) in [5.41, 5.74) is 0. The Bertz CT molecular complexity index is 498. The van der Waals surface area contributed by atoms with E-state index in [1.54, 1.807) is 0 Å². The average Bonchev–Trinajstić information content (AvgIpc) is 2.75. The van der Waals surface area contributed by atoms with Crippen molar-refractivity contribution in [2.24, 2.45) is 17.8 Å². The zero-order valence-corrected chi connectivity index (χ0v) is 11.3. The van der Waals surface area contributed by atoms with Crippen LogP contribution in [0.1, 0.15) is 0 Å². The monoisotopic (exact) mass is 303 g/mol. The summed E-state index contributed by atoms with van der Waals surface area (Å²) < 4.78 is 22.6. The first-order chi connectivity index (χ1) is 9.81. The van der Waals surface area contributed by atoms with Gasteiger partial charge < -0.3 is 14.6 Å². The van der Waals surface area contributed by atoms with Crippen molar-refractivity contribution in [1.29, 1.82) is 0 Å². The van der Waals surface area contributed by atoms with Crippen LogP contribution in [0.4, 0.5) is 4.39 Å². The molecule has 2 atom stereocenters. The highest BCUT2D eigenvalue weighted by Crippen LogP contribution is 2.36. The average molecular weight is 303 g/mol. The maximum absolute atomic E-state index is 13.8. The van der Waals surface area contributed by atoms with Gasteiger partial charge in [-0.2, -0.15) is 0 Å². The molecule has 0 heterocycles. The standard InChI is InChI=1S/C12H14FNO7/c1-20-11(16)10(12(17)21-2)8(5-14(18)19)7-3-6(15)4-9(7)13/h3-4,7-8,10,15H,5H2,1-2H3. The minimum atomic E-state index is -1.67. The van der Waals surface area contributed by atoms with Crippen LogP contribution in [0, 0.1) is 27.9 Å². The van der Waals surface area contributed by atoms with Gasteiger partial charge in [0.2, 0.25) is 6.54 Å². The Morgan fingerprint density at radius 1 is 1.43 bits per heavy atom. The SMILES string of the molecule is COC(=O)C(C(=O)OC)C(C[N+](=O)[O-])C1C=C(O)C=C1F. The number of nitro groups is 1. The molecule has 1 rings (SSSR count). The van der Waals surface area contributed by atoms with Crippen LogP contribution in [0.3, 0.4) is 0 Å². The predicted molar refractivity (Wildman–Crippen MR) is 66.3 cm³/mol. The van der Waals surface area contributed by atoms with E-state index in [9.17, 15) is 29.2 Å². The molecule has 1 aliphatic rings. The summed E-state index contributed by atoms with van der Waals surface area (Å²) in [6, 6.07) is 0. The van der Waals surface area contributed by atoms with Gasteiger partial charge in [0.1, 0.15) is 11.6 Å². The van der Waals surface area contributed by atoms with Gasteiger partial charge in [-0.3, -0.25) is 19.7 Å². The van der Waals surface area contributed by atoms with Gasteiger partial charge in [-0.25, -0.2) is 4.39 Å². The minimum Gasteiger partial charge on any atom is -0.508 e. The molecule has 21 heavy (non-hydrogen) atoms. The zero-order chi connectivity index (χ0) is 16.2. The van der Waals surface area contributed by atoms with Crippen molar-refractivity contribution in [2.45, 2.75) is 0 Å². The van der Waals surface area contributed by atoms with Crippen LogP contribution in [-0.4, -0.2) is 42.7 Å². The number of aliphatic hydroxyl groups is 1. The lowest BCUT2D eigenvalue weighted by Crippen LogP contribution is -2.40. The van der Waals surface area contributed by atoms with Crippen LogP contribution in [0.15, 0.2) is 23.7 Å². The van der Waals surface area contributed by atoms with Crippen LogP contribution >= 0.6 is 0 Å². The molecule has 0 fully saturated rings. The second-order valence-corrected chi connectivity index (χ2v) is 4.35. The number of allylic oxidation sites excluding steroid dienone is 3. The van der Waals surface area contributed by atoms with Crippen molar-refractivity contribution in [3.05, 3.63) is 33.9 Å². The summed E-state index contributed by atoms with van der Waals surface area (Å²) in [6.45, 7) is -0.870. The first-order valence-electron chi connectivity index (χ1n) is 5.87. The number of ether oxygens (including phenoxy) is 2. The number of halogens is 1. The number of esters is 2. The highest BCUT2D eigenvalue weighted by molar-refractivity contribution is 5.95. The second-order valence-electron chi connectivity index (χ2n) is 4.35. The van der Waals surface area contributed by atoms with Gasteiger partial charge in [0, 0.05) is 16.9 Å². The largest absolute Gasteiger partial charge is 0.508 e. The van der Waals surface area contributed by atoms with E-state index in [0.717, 1.165) is 26.4 Å². The molecule has 0 amide bonds. The second kappa shape index (κ2) is 6.82. The van der Waals surface area contributed by atoms with Gasteiger partial charge in [-0.05, 0) is 6.08 Å². The van der Waals surface area contributed by atoms with Crippen LogP contribution in [-0.2, 0) is 19.1 Å². The van der Waals surface area contributed by atoms with Gasteiger partial charge >= 0.3 is 11.9 Å². The van der Waals surface area contributed by atoms with Crippen LogP contribution in [0.5, 0.6) is 0 Å². The first-order valence-corrected chi connectivity index (χ1v) is 5.87. The molecule has 0 spiro atoms. The molecule has 0 aromatic carbocycles. The molecule has 0 saturated carbocycles. The number of rotatable bonds is 6. The number of carbonyl (C=O) groups excluding carboxylic acids is 2. The van der Waals surface area contributed by atoms with Crippen LogP contribution in [0.25, 0.3) is 0 Å². The Morgan fingerprint density at radius 2 is 1.95 bits per heavy atom. The number of hydrogen-bond donors (Lipinski definition) is 1. The summed E-state index contributed by atoms with van der Waals surface area (Å²) in [5.74, 6) is -7.77. The van der Waals surface area contributed by atoms with Crippen molar-refractivity contribution in [1.82, 2.24) is 0 Å². The van der Waals surface area contributed by atoms with Gasteiger partial charge in [0.05, 0.1) is 20.1 Å². The number of hydrogen-bond acceptors (Lipinski definition) is 7. The first kappa shape index (κ1) is 16.6. The molecule has 116 valence electrons. The lowest BCUT2D eigenvalue weighted by molar-refractivity contribution is -0.490. The molecule has 0 radical (unpaired) electrons. The number of nitrogens with zero attached hydrogens (tertiary/aromatic N) is 1. The normalized spacial score (nSPS) is 18.8. The Morgan fingerprint density at radius 3 is 2.29 bits per heavy atom. The van der Waals surface area contributed by atoms with Crippen molar-refractivity contribution in [3.63, 3.8) is 0 Å². The fourth-order valence-corrected chi connectivity index (χ4v) is 2.18. The van der Waals surface area contributed by atoms with Gasteiger partial charge in [0.15, 0.2) is 5.92 Å². The molecule has 0 saturated heterocycles. The molecule has 1 N–H and O–H groups in total. The van der Waals surface area contributed by atoms with Crippen LogP contribution in [0.2, 0.25) is 0 Å². The highest BCUT2D eigenvalue weighted by atomic mass is 19.1. The predicted octanol–water partition coefficient (Wildman–Crippen LogP) is 0.767. The van der Waals surface area contributed by atoms with Crippen molar-refractivity contribution >= 4 is 11.9 Å². The third kappa shape index (κ3) is 3.77. The highest BCUT2D eigenvalue weighted by Gasteiger charge is 2.46. The summed E-state index contributed by atoms with van der Waals surface area (Å²) in [5, 5.41) is 20.0. The molecule has 9 heteroatoms. The van der Waals surface area contributed by atoms with Crippen LogP contribution < -0.4 is 0 Å². The summed E-state index contributed by atoms with van der Waals surface area (Å²) >= 11 is 0. The van der Waals surface area contributed by atoms with Crippen molar-refractivity contribution in [2.75, 3.05) is 20.8 Å². The fourth-order valence-electron chi connectivity index (χ4n) is 2.18. The zero-order valence-electron chi connectivity index (χ0n) is 11.3. The van der Waals surface area contributed by atoms with E-state index in [0.29, 0.717) is 0 Å². The number of carbonyl (C=O) groups is 2. The Hall–Kier alpha value is -2.45. The molecule has 0 aromatic rings. The molecule has 1 aliphatic carbocycles. The number of methoxy groups -OCH3 is 2. The van der Waals surface area contributed by atoms with Crippen molar-refractivity contribution < 1.29 is 33.5 Å². The Labute approximate surface area is 119 Å². The summed E-state index contributed by atoms with van der Waals surface area (Å²) in [6.07, 6.45) is 1.77. The molecular weight excluding hydrogens is 289 g/mol. The maximum atomic E-state index is 13.8. The molecule has 8 nitrogen and oxygen atoms in total. The topological polar surface area (TPSA) is 116 Å². The molecular formula is C12H14FNO7. The molecule has 2 unspecified atom stereocenters. The smallest absolute Gasteiger partial charge is 0.320 e. The van der Waals surface area contributed by atoms with E-state index < -0.39 is 52.7 Å². The van der Waals surface area contributed by atoms with Gasteiger partial charge in [-0.15, -0.1) is 0 Å². The molecule has 0 aromatic heterocycles. The third-order valence-corrected chi connectivity index (χ3v) is 3.11. The molecule has 0 aliphatic heterocycles. The summed E-state index contributed by atoms with van der Waals surface area (Å²) in [7, 11) is 1.99. The van der Waals surface area contributed by atoms with E-state index in [1.165, 1.54) is 0 Å². The number of aliphatic hydroxyl groups excluding tert-OH is 1. The van der Waals surface area contributed by atoms with E-state index in [1.807, 2.05) is 0 Å². The quantitative estimate of drug-likeness (QED) is 0.333. The maximum Gasteiger partial charge on any atom is 0.320 e.